The molecule has 4 nitrogen and oxygen atoms in total. The Morgan fingerprint density at radius 1 is 1.07 bits per heavy atom. The summed E-state index contributed by atoms with van der Waals surface area (Å²) in [6, 6.07) is 13.2. The van der Waals surface area contributed by atoms with Gasteiger partial charge in [0.25, 0.3) is 0 Å². The molecule has 144 valence electrons. The number of thiazole rings is 1. The van der Waals surface area contributed by atoms with E-state index in [1.807, 2.05) is 4.90 Å². The maximum Gasteiger partial charge on any atom is 0.227 e. The molecule has 0 spiro atoms. The summed E-state index contributed by atoms with van der Waals surface area (Å²) in [5.74, 6) is 0.699. The highest BCUT2D eigenvalue weighted by atomic mass is 32.1. The molecule has 0 N–H and O–H groups in total. The van der Waals surface area contributed by atoms with Gasteiger partial charge in [-0.05, 0) is 48.1 Å². The SMILES string of the molecule is O=C(Cc1ccc(C2CC2)cc1)N1CCN(c2nc3ccc(F)cc3s2)CC1. The Hall–Kier alpha value is -2.47. The van der Waals surface area contributed by atoms with Gasteiger partial charge in [0, 0.05) is 26.2 Å². The first-order chi connectivity index (χ1) is 13.7. The van der Waals surface area contributed by atoms with Crippen LogP contribution >= 0.6 is 11.3 Å². The van der Waals surface area contributed by atoms with E-state index >= 15 is 0 Å². The molecule has 0 radical (unpaired) electrons. The van der Waals surface area contributed by atoms with Crippen LogP contribution in [0.25, 0.3) is 10.2 Å². The number of halogens is 1. The van der Waals surface area contributed by atoms with Crippen molar-refractivity contribution in [1.29, 1.82) is 0 Å². The minimum absolute atomic E-state index is 0.185. The molecular formula is C22H22FN3OS. The Balaban J connectivity index is 1.19. The molecule has 0 unspecified atom stereocenters. The van der Waals surface area contributed by atoms with Crippen LogP contribution in [-0.4, -0.2) is 42.0 Å². The first kappa shape index (κ1) is 17.6. The largest absolute Gasteiger partial charge is 0.345 e. The number of aromatic nitrogens is 1. The Morgan fingerprint density at radius 3 is 2.54 bits per heavy atom. The molecule has 2 aliphatic rings. The van der Waals surface area contributed by atoms with Crippen molar-refractivity contribution in [2.24, 2.45) is 0 Å². The van der Waals surface area contributed by atoms with Crippen LogP contribution in [0.4, 0.5) is 9.52 Å². The Morgan fingerprint density at radius 2 is 1.82 bits per heavy atom. The number of piperazine rings is 1. The van der Waals surface area contributed by atoms with Gasteiger partial charge in [-0.25, -0.2) is 9.37 Å². The van der Waals surface area contributed by atoms with Gasteiger partial charge in [-0.1, -0.05) is 35.6 Å². The van der Waals surface area contributed by atoms with Gasteiger partial charge in [-0.3, -0.25) is 4.79 Å². The average Bonchev–Trinajstić information content (AvgIpc) is 3.48. The van der Waals surface area contributed by atoms with E-state index in [0.29, 0.717) is 19.5 Å². The minimum Gasteiger partial charge on any atom is -0.345 e. The summed E-state index contributed by atoms with van der Waals surface area (Å²) in [6.07, 6.45) is 3.06. The van der Waals surface area contributed by atoms with E-state index in [2.05, 4.69) is 34.1 Å². The fourth-order valence-electron chi connectivity index (χ4n) is 3.78. The molecule has 1 aromatic heterocycles. The van der Waals surface area contributed by atoms with Crippen molar-refractivity contribution in [3.63, 3.8) is 0 Å². The number of carbonyl (C=O) groups excluding carboxylic acids is 1. The fraction of sp³-hybridized carbons (Fsp3) is 0.364. The number of hydrogen-bond donors (Lipinski definition) is 0. The van der Waals surface area contributed by atoms with Gasteiger partial charge in [0.05, 0.1) is 16.6 Å². The molecule has 1 saturated carbocycles. The van der Waals surface area contributed by atoms with Crippen LogP contribution in [-0.2, 0) is 11.2 Å². The quantitative estimate of drug-likeness (QED) is 0.664. The van der Waals surface area contributed by atoms with E-state index in [4.69, 9.17) is 0 Å². The van der Waals surface area contributed by atoms with Crippen LogP contribution in [0.2, 0.25) is 0 Å². The summed E-state index contributed by atoms with van der Waals surface area (Å²) in [5, 5.41) is 0.906. The summed E-state index contributed by atoms with van der Waals surface area (Å²) >= 11 is 1.51. The van der Waals surface area contributed by atoms with Gasteiger partial charge in [-0.15, -0.1) is 0 Å². The van der Waals surface area contributed by atoms with Crippen molar-refractivity contribution < 1.29 is 9.18 Å². The predicted molar refractivity (Wildman–Crippen MR) is 110 cm³/mol. The van der Waals surface area contributed by atoms with Crippen LogP contribution in [0.15, 0.2) is 42.5 Å². The Bertz CT molecular complexity index is 1000. The van der Waals surface area contributed by atoms with E-state index in [9.17, 15) is 9.18 Å². The molecule has 28 heavy (non-hydrogen) atoms. The number of amides is 1. The number of anilines is 1. The van der Waals surface area contributed by atoms with Crippen LogP contribution in [0, 0.1) is 5.82 Å². The molecule has 1 aliphatic heterocycles. The minimum atomic E-state index is -0.233. The molecule has 2 fully saturated rings. The van der Waals surface area contributed by atoms with E-state index in [-0.39, 0.29) is 11.7 Å². The third kappa shape index (κ3) is 3.61. The van der Waals surface area contributed by atoms with Crippen molar-refractivity contribution in [2.75, 3.05) is 31.1 Å². The Labute approximate surface area is 167 Å². The van der Waals surface area contributed by atoms with Crippen LogP contribution in [0.3, 0.4) is 0 Å². The number of hydrogen-bond acceptors (Lipinski definition) is 4. The summed E-state index contributed by atoms with van der Waals surface area (Å²) in [7, 11) is 0. The summed E-state index contributed by atoms with van der Waals surface area (Å²) in [5.41, 5.74) is 3.32. The third-order valence-corrected chi connectivity index (χ3v) is 6.70. The lowest BCUT2D eigenvalue weighted by molar-refractivity contribution is -0.130. The van der Waals surface area contributed by atoms with Gasteiger partial charge in [0.1, 0.15) is 5.82 Å². The zero-order valence-electron chi connectivity index (χ0n) is 15.6. The van der Waals surface area contributed by atoms with Crippen LogP contribution < -0.4 is 4.90 Å². The van der Waals surface area contributed by atoms with Crippen molar-refractivity contribution >= 4 is 32.6 Å². The lowest BCUT2D eigenvalue weighted by Gasteiger charge is -2.34. The van der Waals surface area contributed by atoms with E-state index in [1.54, 1.807) is 6.07 Å². The molecule has 1 aliphatic carbocycles. The normalized spacial score (nSPS) is 17.3. The summed E-state index contributed by atoms with van der Waals surface area (Å²) < 4.78 is 14.3. The number of benzene rings is 2. The number of fused-ring (bicyclic) bond motifs is 1. The highest BCUT2D eigenvalue weighted by molar-refractivity contribution is 7.22. The molecule has 1 saturated heterocycles. The second kappa shape index (κ2) is 7.17. The van der Waals surface area contributed by atoms with Gasteiger partial charge < -0.3 is 9.80 Å². The average molecular weight is 396 g/mol. The van der Waals surface area contributed by atoms with Crippen LogP contribution in [0.1, 0.15) is 29.9 Å². The van der Waals surface area contributed by atoms with E-state index in [1.165, 1.54) is 41.9 Å². The standard InChI is InChI=1S/C22H22FN3OS/c23-18-7-8-19-20(14-18)28-22(24-19)26-11-9-25(10-12-26)21(27)13-15-1-3-16(4-2-15)17-5-6-17/h1-4,7-8,14,17H,5-6,9-13H2. The molecule has 5 rings (SSSR count). The predicted octanol–water partition coefficient (Wildman–Crippen LogP) is 4.20. The highest BCUT2D eigenvalue weighted by Gasteiger charge is 2.25. The number of carbonyl (C=O) groups is 1. The molecule has 2 aromatic carbocycles. The summed E-state index contributed by atoms with van der Waals surface area (Å²) in [4.78, 5) is 21.4. The zero-order chi connectivity index (χ0) is 19.1. The maximum absolute atomic E-state index is 13.4. The first-order valence-corrected chi connectivity index (χ1v) is 10.6. The second-order valence-corrected chi connectivity index (χ2v) is 8.68. The van der Waals surface area contributed by atoms with Gasteiger partial charge in [0.15, 0.2) is 5.13 Å². The molecule has 3 aromatic rings. The zero-order valence-corrected chi connectivity index (χ0v) is 16.4. The maximum atomic E-state index is 13.4. The molecule has 1 amide bonds. The van der Waals surface area contributed by atoms with Gasteiger partial charge in [0.2, 0.25) is 5.91 Å². The lowest BCUT2D eigenvalue weighted by Crippen LogP contribution is -2.49. The fourth-order valence-corrected chi connectivity index (χ4v) is 4.82. The summed E-state index contributed by atoms with van der Waals surface area (Å²) in [6.45, 7) is 2.91. The highest BCUT2D eigenvalue weighted by Crippen LogP contribution is 2.39. The van der Waals surface area contributed by atoms with Crippen molar-refractivity contribution in [2.45, 2.75) is 25.2 Å². The lowest BCUT2D eigenvalue weighted by atomic mass is 10.1. The van der Waals surface area contributed by atoms with Gasteiger partial charge >= 0.3 is 0 Å². The van der Waals surface area contributed by atoms with Crippen molar-refractivity contribution in [3.05, 3.63) is 59.4 Å². The van der Waals surface area contributed by atoms with Crippen molar-refractivity contribution in [3.8, 4) is 0 Å². The molecular weight excluding hydrogens is 373 g/mol. The number of rotatable bonds is 4. The van der Waals surface area contributed by atoms with E-state index < -0.39 is 0 Å². The van der Waals surface area contributed by atoms with Crippen molar-refractivity contribution in [1.82, 2.24) is 9.88 Å². The smallest absolute Gasteiger partial charge is 0.227 e. The molecule has 0 bridgehead atoms. The molecule has 2 heterocycles. The third-order valence-electron chi connectivity index (χ3n) is 5.63. The first-order valence-electron chi connectivity index (χ1n) is 9.83. The molecule has 0 atom stereocenters. The topological polar surface area (TPSA) is 36.4 Å². The Kier molecular flexibility index (Phi) is 4.51. The van der Waals surface area contributed by atoms with E-state index in [0.717, 1.165) is 39.9 Å². The number of nitrogens with zero attached hydrogens (tertiary/aromatic N) is 3. The molecule has 6 heteroatoms. The van der Waals surface area contributed by atoms with Crippen LogP contribution in [0.5, 0.6) is 0 Å². The second-order valence-electron chi connectivity index (χ2n) is 7.67. The van der Waals surface area contributed by atoms with Gasteiger partial charge in [-0.2, -0.15) is 0 Å². The monoisotopic (exact) mass is 395 g/mol.